The number of hydrogen-bond donors (Lipinski definition) is 1. The van der Waals surface area contributed by atoms with E-state index in [1.54, 1.807) is 15.8 Å². The zero-order chi connectivity index (χ0) is 33.0. The summed E-state index contributed by atoms with van der Waals surface area (Å²) >= 11 is 0. The third-order valence-corrected chi connectivity index (χ3v) is 8.83. The molecular formula is C33H43F2N9O2. The fourth-order valence-corrected chi connectivity index (χ4v) is 6.06. The van der Waals surface area contributed by atoms with Crippen LogP contribution >= 0.6 is 0 Å². The number of benzene rings is 1. The largest absolute Gasteiger partial charge is 0.371 e. The number of halogens is 2. The van der Waals surface area contributed by atoms with Crippen molar-refractivity contribution in [3.8, 4) is 0 Å². The molecule has 0 radical (unpaired) electrons. The Morgan fingerprint density at radius 2 is 1.93 bits per heavy atom. The van der Waals surface area contributed by atoms with Crippen molar-refractivity contribution >= 4 is 40.5 Å². The number of likely N-dealkylation sites (tertiary alicyclic amines) is 1. The number of carbonyl (C=O) groups excluding carboxylic acids is 1. The first-order chi connectivity index (χ1) is 22.0. The first-order valence-corrected chi connectivity index (χ1v) is 15.8. The highest BCUT2D eigenvalue weighted by Gasteiger charge is 2.37. The van der Waals surface area contributed by atoms with E-state index in [1.807, 2.05) is 33.0 Å². The number of aromatic nitrogens is 4. The third-order valence-electron chi connectivity index (χ3n) is 8.83. The van der Waals surface area contributed by atoms with Crippen LogP contribution in [0.2, 0.25) is 0 Å². The second kappa shape index (κ2) is 13.9. The Labute approximate surface area is 267 Å². The molecule has 0 aliphatic carbocycles. The topological polar surface area (TPSA) is 104 Å². The van der Waals surface area contributed by atoms with Crippen LogP contribution in [0.5, 0.6) is 0 Å². The minimum Gasteiger partial charge on any atom is -0.371 e. The number of nitrogens with zero attached hydrogens (tertiary/aromatic N) is 8. The summed E-state index contributed by atoms with van der Waals surface area (Å²) < 4.78 is 30.3. The van der Waals surface area contributed by atoms with Crippen LogP contribution in [-0.4, -0.2) is 92.6 Å². The van der Waals surface area contributed by atoms with E-state index in [0.717, 1.165) is 42.9 Å². The maximum Gasteiger partial charge on any atom is 0.278 e. The van der Waals surface area contributed by atoms with Gasteiger partial charge in [-0.1, -0.05) is 6.08 Å². The number of anilines is 3. The van der Waals surface area contributed by atoms with Gasteiger partial charge in [-0.25, -0.2) is 23.1 Å². The van der Waals surface area contributed by atoms with E-state index in [-0.39, 0.29) is 31.0 Å². The number of nitrogens with one attached hydrogen (secondary N) is 1. The molecule has 5 rings (SSSR count). The summed E-state index contributed by atoms with van der Waals surface area (Å²) in [6, 6.07) is 6.50. The van der Waals surface area contributed by atoms with Gasteiger partial charge in [-0.2, -0.15) is 10.1 Å². The van der Waals surface area contributed by atoms with E-state index < -0.39 is 5.92 Å². The molecule has 4 heterocycles. The predicted octanol–water partition coefficient (Wildman–Crippen LogP) is 4.79. The van der Waals surface area contributed by atoms with Crippen LogP contribution in [0.15, 0.2) is 59.1 Å². The average molecular weight is 636 g/mol. The van der Waals surface area contributed by atoms with E-state index in [4.69, 9.17) is 4.98 Å². The van der Waals surface area contributed by atoms with Crippen molar-refractivity contribution in [2.45, 2.75) is 71.0 Å². The summed E-state index contributed by atoms with van der Waals surface area (Å²) in [7, 11) is 1.82. The van der Waals surface area contributed by atoms with Crippen LogP contribution in [0.3, 0.4) is 0 Å². The average Bonchev–Trinajstić information content (AvgIpc) is 3.29. The molecule has 3 aromatic rings. The molecule has 2 fully saturated rings. The van der Waals surface area contributed by atoms with E-state index in [9.17, 15) is 18.4 Å². The normalized spacial score (nSPS) is 18.1. The summed E-state index contributed by atoms with van der Waals surface area (Å²) in [5, 5.41) is 9.98. The highest BCUT2D eigenvalue weighted by molar-refractivity contribution is 6.01. The maximum atomic E-state index is 13.6. The molecule has 0 spiro atoms. The van der Waals surface area contributed by atoms with E-state index >= 15 is 0 Å². The van der Waals surface area contributed by atoms with Crippen molar-refractivity contribution in [2.75, 3.05) is 43.4 Å². The van der Waals surface area contributed by atoms with Gasteiger partial charge in [0.1, 0.15) is 11.7 Å². The molecule has 0 unspecified atom stereocenters. The Bertz CT molecular complexity index is 1680. The lowest BCUT2D eigenvalue weighted by molar-refractivity contribution is -0.104. The van der Waals surface area contributed by atoms with Crippen molar-refractivity contribution in [1.82, 2.24) is 29.2 Å². The van der Waals surface area contributed by atoms with Gasteiger partial charge in [0.25, 0.3) is 11.5 Å². The molecule has 2 saturated heterocycles. The number of hydrazone groups is 1. The summed E-state index contributed by atoms with van der Waals surface area (Å²) in [4.78, 5) is 38.4. The van der Waals surface area contributed by atoms with Crippen molar-refractivity contribution in [1.29, 1.82) is 0 Å². The minimum atomic E-state index is -2.52. The molecule has 2 aliphatic heterocycles. The van der Waals surface area contributed by atoms with Crippen molar-refractivity contribution in [3.05, 3.63) is 65.1 Å². The van der Waals surface area contributed by atoms with Crippen LogP contribution < -0.4 is 15.8 Å². The smallest absolute Gasteiger partial charge is 0.278 e. The van der Waals surface area contributed by atoms with Gasteiger partial charge in [0, 0.05) is 75.7 Å². The molecule has 0 amide bonds. The quantitative estimate of drug-likeness (QED) is 0.0848. The lowest BCUT2D eigenvalue weighted by atomic mass is 9.97. The zero-order valence-corrected chi connectivity index (χ0v) is 27.0. The van der Waals surface area contributed by atoms with E-state index in [0.29, 0.717) is 48.2 Å². The first kappa shape index (κ1) is 33.0. The van der Waals surface area contributed by atoms with Crippen LogP contribution in [-0.2, 0) is 11.3 Å². The van der Waals surface area contributed by atoms with Crippen molar-refractivity contribution < 1.29 is 13.6 Å². The number of piperidine rings is 2. The molecule has 46 heavy (non-hydrogen) atoms. The molecule has 2 aromatic heterocycles. The second-order valence-electron chi connectivity index (χ2n) is 12.3. The first-order valence-electron chi connectivity index (χ1n) is 15.8. The number of aldehydes is 1. The fraction of sp³-hybridized carbons (Fsp3) is 0.485. The third kappa shape index (κ3) is 7.19. The molecule has 246 valence electrons. The Balaban J connectivity index is 1.37. The molecule has 1 aromatic carbocycles. The minimum absolute atomic E-state index is 0.0441. The molecular weight excluding hydrogens is 592 g/mol. The van der Waals surface area contributed by atoms with Crippen molar-refractivity contribution in [3.63, 3.8) is 0 Å². The molecule has 0 saturated carbocycles. The zero-order valence-electron chi connectivity index (χ0n) is 27.0. The molecule has 2 aliphatic rings. The number of rotatable bonds is 10. The van der Waals surface area contributed by atoms with Crippen LogP contribution in [0.1, 0.15) is 45.1 Å². The molecule has 0 atom stereocenters. The molecule has 1 N–H and O–H groups in total. The molecule has 13 heteroatoms. The Hall–Kier alpha value is -4.39. The van der Waals surface area contributed by atoms with Gasteiger partial charge in [-0.3, -0.25) is 19.5 Å². The van der Waals surface area contributed by atoms with Gasteiger partial charge < -0.3 is 10.2 Å². The van der Waals surface area contributed by atoms with Gasteiger partial charge in [0.05, 0.1) is 6.54 Å². The summed E-state index contributed by atoms with van der Waals surface area (Å²) in [5.41, 5.74) is 3.05. The summed E-state index contributed by atoms with van der Waals surface area (Å²) in [6.07, 6.45) is 8.43. The van der Waals surface area contributed by atoms with Gasteiger partial charge in [-0.15, -0.1) is 6.58 Å². The Kier molecular flexibility index (Phi) is 10.00. The summed E-state index contributed by atoms with van der Waals surface area (Å²) in [6.45, 7) is 12.7. The van der Waals surface area contributed by atoms with Gasteiger partial charge in [0.15, 0.2) is 11.5 Å². The van der Waals surface area contributed by atoms with Crippen LogP contribution in [0, 0.1) is 6.92 Å². The van der Waals surface area contributed by atoms with E-state index in [2.05, 4.69) is 44.8 Å². The SMILES string of the molecule is C=CCn1c(=O)c2cnc(Nc3ccc(N4CCC(N5CCC(F)(F)CC5)CC4)c(C)c3)nc2n1C(/C=C\C=O)=N/N(C)C(C)C. The van der Waals surface area contributed by atoms with E-state index in [1.165, 1.54) is 23.0 Å². The molecule has 0 bridgehead atoms. The number of alkyl halides is 2. The standard InChI is InChI=1S/C33H43F2N9O2/c1-6-15-43-31(46)27-22-36-32(38-30(27)44(43)29(8-7-20-45)39-40(5)23(2)3)37-25-9-10-28(24(4)21-25)42-16-11-26(12-17-42)41-18-13-33(34,35)14-19-41/h6-10,20-23,26H,1,11-19H2,2-5H3,(H,36,37,38)/b8-7-,39-29+. The van der Waals surface area contributed by atoms with Crippen LogP contribution in [0.4, 0.5) is 26.1 Å². The van der Waals surface area contributed by atoms with Crippen LogP contribution in [0.25, 0.3) is 11.0 Å². The maximum absolute atomic E-state index is 13.6. The lowest BCUT2D eigenvalue weighted by Crippen LogP contribution is -2.49. The van der Waals surface area contributed by atoms with Crippen molar-refractivity contribution in [2.24, 2.45) is 5.10 Å². The Morgan fingerprint density at radius 1 is 1.22 bits per heavy atom. The number of allylic oxidation sites excluding steroid dienone is 3. The van der Waals surface area contributed by atoms with Gasteiger partial charge >= 0.3 is 0 Å². The predicted molar refractivity (Wildman–Crippen MR) is 178 cm³/mol. The van der Waals surface area contributed by atoms with Gasteiger partial charge in [-0.05, 0) is 69.5 Å². The highest BCUT2D eigenvalue weighted by atomic mass is 19.3. The fourth-order valence-electron chi connectivity index (χ4n) is 6.06. The number of fused-ring (bicyclic) bond motifs is 1. The summed E-state index contributed by atoms with van der Waals surface area (Å²) in [5.74, 6) is -1.88. The lowest BCUT2D eigenvalue weighted by Gasteiger charge is -2.42. The highest BCUT2D eigenvalue weighted by Crippen LogP contribution is 2.32. The second-order valence-corrected chi connectivity index (χ2v) is 12.3. The number of carbonyl (C=O) groups is 1. The Morgan fingerprint density at radius 3 is 2.57 bits per heavy atom. The number of aryl methyl sites for hydroxylation is 1. The van der Waals surface area contributed by atoms with Gasteiger partial charge in [0.2, 0.25) is 5.95 Å². The number of hydrogen-bond acceptors (Lipinski definition) is 9. The molecule has 11 nitrogen and oxygen atoms in total. The monoisotopic (exact) mass is 635 g/mol.